The van der Waals surface area contributed by atoms with E-state index in [1.165, 1.54) is 0 Å². The molecule has 0 aliphatic carbocycles. The second-order valence-corrected chi connectivity index (χ2v) is 6.44. The van der Waals surface area contributed by atoms with Gasteiger partial charge in [-0.05, 0) is 24.6 Å². The lowest BCUT2D eigenvalue weighted by atomic mass is 9.90. The Balaban J connectivity index is 2.44. The SMILES string of the molecule is CCCOC(=O)c1cccc(-n2nnc(CN)c2C(C)(C)C)c1. The molecule has 0 fully saturated rings. The summed E-state index contributed by atoms with van der Waals surface area (Å²) < 4.78 is 6.94. The molecule has 0 bridgehead atoms. The number of nitrogens with zero attached hydrogens (tertiary/aromatic N) is 3. The molecule has 0 unspecified atom stereocenters. The van der Waals surface area contributed by atoms with E-state index < -0.39 is 0 Å². The first-order chi connectivity index (χ1) is 10.9. The lowest BCUT2D eigenvalue weighted by Gasteiger charge is -2.21. The highest BCUT2D eigenvalue weighted by Gasteiger charge is 2.25. The summed E-state index contributed by atoms with van der Waals surface area (Å²) in [6.07, 6.45) is 0.794. The highest BCUT2D eigenvalue weighted by molar-refractivity contribution is 5.90. The van der Waals surface area contributed by atoms with Crippen LogP contribution in [0.25, 0.3) is 5.69 Å². The van der Waals surface area contributed by atoms with Gasteiger partial charge in [-0.1, -0.05) is 39.0 Å². The van der Waals surface area contributed by atoms with Gasteiger partial charge in [0.25, 0.3) is 0 Å². The Kier molecular flexibility index (Phi) is 5.15. The van der Waals surface area contributed by atoms with Crippen molar-refractivity contribution < 1.29 is 9.53 Å². The Morgan fingerprint density at radius 1 is 1.35 bits per heavy atom. The summed E-state index contributed by atoms with van der Waals surface area (Å²) in [5.41, 5.74) is 8.59. The van der Waals surface area contributed by atoms with E-state index in [-0.39, 0.29) is 11.4 Å². The molecule has 6 heteroatoms. The maximum Gasteiger partial charge on any atom is 0.338 e. The van der Waals surface area contributed by atoms with Crippen molar-refractivity contribution in [3.63, 3.8) is 0 Å². The molecule has 0 radical (unpaired) electrons. The zero-order valence-electron chi connectivity index (χ0n) is 14.2. The molecule has 1 heterocycles. The van der Waals surface area contributed by atoms with Crippen LogP contribution < -0.4 is 5.73 Å². The van der Waals surface area contributed by atoms with Gasteiger partial charge in [0.05, 0.1) is 23.6 Å². The summed E-state index contributed by atoms with van der Waals surface area (Å²) in [5, 5.41) is 8.39. The van der Waals surface area contributed by atoms with Gasteiger partial charge in [-0.25, -0.2) is 9.48 Å². The van der Waals surface area contributed by atoms with E-state index in [4.69, 9.17) is 10.5 Å². The average Bonchev–Trinajstić information content (AvgIpc) is 2.97. The van der Waals surface area contributed by atoms with Gasteiger partial charge in [0.2, 0.25) is 0 Å². The van der Waals surface area contributed by atoms with Crippen LogP contribution in [0.5, 0.6) is 0 Å². The summed E-state index contributed by atoms with van der Waals surface area (Å²) in [6.45, 7) is 8.95. The third-order valence-corrected chi connectivity index (χ3v) is 3.41. The smallest absolute Gasteiger partial charge is 0.338 e. The van der Waals surface area contributed by atoms with E-state index >= 15 is 0 Å². The summed E-state index contributed by atoms with van der Waals surface area (Å²) in [7, 11) is 0. The van der Waals surface area contributed by atoms with Crippen LogP contribution in [-0.4, -0.2) is 27.6 Å². The summed E-state index contributed by atoms with van der Waals surface area (Å²) >= 11 is 0. The number of ether oxygens (including phenoxy) is 1. The van der Waals surface area contributed by atoms with Gasteiger partial charge in [-0.3, -0.25) is 0 Å². The van der Waals surface area contributed by atoms with Crippen molar-refractivity contribution in [3.8, 4) is 5.69 Å². The number of aromatic nitrogens is 3. The van der Waals surface area contributed by atoms with Crippen LogP contribution in [0.1, 0.15) is 55.9 Å². The van der Waals surface area contributed by atoms with Crippen LogP contribution in [-0.2, 0) is 16.7 Å². The molecule has 0 aliphatic heterocycles. The van der Waals surface area contributed by atoms with Gasteiger partial charge >= 0.3 is 5.97 Å². The fourth-order valence-electron chi connectivity index (χ4n) is 2.42. The number of rotatable bonds is 5. The Hall–Kier alpha value is -2.21. The maximum atomic E-state index is 12.0. The van der Waals surface area contributed by atoms with Crippen molar-refractivity contribution in [2.75, 3.05) is 6.61 Å². The molecule has 2 aromatic rings. The number of carbonyl (C=O) groups is 1. The zero-order chi connectivity index (χ0) is 17.0. The number of nitrogens with two attached hydrogens (primary N) is 1. The number of hydrogen-bond acceptors (Lipinski definition) is 5. The average molecular weight is 316 g/mol. The quantitative estimate of drug-likeness (QED) is 0.857. The standard InChI is InChI=1S/C17H24N4O2/c1-5-9-23-16(22)12-7-6-8-13(10-12)21-15(17(2,3)4)14(11-18)19-20-21/h6-8,10H,5,9,11,18H2,1-4H3. The molecular weight excluding hydrogens is 292 g/mol. The highest BCUT2D eigenvalue weighted by Crippen LogP contribution is 2.27. The second kappa shape index (κ2) is 6.91. The molecule has 0 aliphatic rings. The lowest BCUT2D eigenvalue weighted by Crippen LogP contribution is -2.20. The van der Waals surface area contributed by atoms with Crippen molar-refractivity contribution in [2.24, 2.45) is 5.73 Å². The Labute approximate surface area is 136 Å². The van der Waals surface area contributed by atoms with Crippen LogP contribution in [0.2, 0.25) is 0 Å². The van der Waals surface area contributed by atoms with Crippen LogP contribution in [0.3, 0.4) is 0 Å². The minimum atomic E-state index is -0.329. The zero-order valence-corrected chi connectivity index (χ0v) is 14.2. The van der Waals surface area contributed by atoms with Gasteiger partial charge in [-0.2, -0.15) is 0 Å². The molecular formula is C17H24N4O2. The molecule has 0 amide bonds. The van der Waals surface area contributed by atoms with Crippen molar-refractivity contribution >= 4 is 5.97 Å². The lowest BCUT2D eigenvalue weighted by molar-refractivity contribution is 0.0505. The van der Waals surface area contributed by atoms with Crippen LogP contribution >= 0.6 is 0 Å². The Morgan fingerprint density at radius 2 is 2.09 bits per heavy atom. The Bertz CT molecular complexity index is 686. The van der Waals surface area contributed by atoms with E-state index in [1.54, 1.807) is 16.8 Å². The van der Waals surface area contributed by atoms with Gasteiger partial charge < -0.3 is 10.5 Å². The van der Waals surface area contributed by atoms with Crippen molar-refractivity contribution in [1.29, 1.82) is 0 Å². The van der Waals surface area contributed by atoms with E-state index in [9.17, 15) is 4.79 Å². The minimum Gasteiger partial charge on any atom is -0.462 e. The highest BCUT2D eigenvalue weighted by atomic mass is 16.5. The number of esters is 1. The normalized spacial score (nSPS) is 11.5. The fourth-order valence-corrected chi connectivity index (χ4v) is 2.42. The molecule has 6 nitrogen and oxygen atoms in total. The largest absolute Gasteiger partial charge is 0.462 e. The van der Waals surface area contributed by atoms with Gasteiger partial charge in [0.15, 0.2) is 0 Å². The third-order valence-electron chi connectivity index (χ3n) is 3.41. The molecule has 23 heavy (non-hydrogen) atoms. The maximum absolute atomic E-state index is 12.0. The summed E-state index contributed by atoms with van der Waals surface area (Å²) in [6, 6.07) is 7.20. The monoisotopic (exact) mass is 316 g/mol. The fraction of sp³-hybridized carbons (Fsp3) is 0.471. The molecule has 0 atom stereocenters. The van der Waals surface area contributed by atoms with Gasteiger partial charge in [0.1, 0.15) is 5.69 Å². The molecule has 2 rings (SSSR count). The first-order valence-electron chi connectivity index (χ1n) is 7.81. The third kappa shape index (κ3) is 3.76. The van der Waals surface area contributed by atoms with Gasteiger partial charge in [-0.15, -0.1) is 5.10 Å². The predicted octanol–water partition coefficient (Wildman–Crippen LogP) is 2.59. The van der Waals surface area contributed by atoms with Gasteiger partial charge in [0, 0.05) is 12.0 Å². The molecule has 1 aromatic carbocycles. The number of hydrogen-bond donors (Lipinski definition) is 1. The van der Waals surface area contributed by atoms with Crippen LogP contribution in [0, 0.1) is 0 Å². The second-order valence-electron chi connectivity index (χ2n) is 6.44. The molecule has 0 saturated carbocycles. The molecule has 124 valence electrons. The first kappa shape index (κ1) is 17.1. The van der Waals surface area contributed by atoms with E-state index in [1.807, 2.05) is 19.1 Å². The number of carbonyl (C=O) groups excluding carboxylic acids is 1. The topological polar surface area (TPSA) is 83.0 Å². The van der Waals surface area contributed by atoms with Crippen LogP contribution in [0.4, 0.5) is 0 Å². The van der Waals surface area contributed by atoms with Crippen molar-refractivity contribution in [1.82, 2.24) is 15.0 Å². The first-order valence-corrected chi connectivity index (χ1v) is 7.81. The molecule has 0 spiro atoms. The molecule has 1 aromatic heterocycles. The summed E-state index contributed by atoms with van der Waals surface area (Å²) in [4.78, 5) is 12.0. The van der Waals surface area contributed by atoms with E-state index in [0.29, 0.717) is 18.7 Å². The van der Waals surface area contributed by atoms with E-state index in [0.717, 1.165) is 23.5 Å². The minimum absolute atomic E-state index is 0.170. The molecule has 2 N–H and O–H groups in total. The number of benzene rings is 1. The summed E-state index contributed by atoms with van der Waals surface area (Å²) in [5.74, 6) is -0.329. The van der Waals surface area contributed by atoms with Crippen molar-refractivity contribution in [2.45, 2.75) is 46.1 Å². The predicted molar refractivity (Wildman–Crippen MR) is 88.5 cm³/mol. The Morgan fingerprint density at radius 3 is 2.70 bits per heavy atom. The van der Waals surface area contributed by atoms with Crippen LogP contribution in [0.15, 0.2) is 24.3 Å². The molecule has 0 saturated heterocycles. The van der Waals surface area contributed by atoms with Crippen molar-refractivity contribution in [3.05, 3.63) is 41.2 Å². The van der Waals surface area contributed by atoms with E-state index in [2.05, 4.69) is 31.1 Å².